The lowest BCUT2D eigenvalue weighted by Gasteiger charge is -2.24. The fraction of sp³-hybridized carbons (Fsp3) is 0.250. The summed E-state index contributed by atoms with van der Waals surface area (Å²) in [7, 11) is 0. The lowest BCUT2D eigenvalue weighted by atomic mass is 10.1. The molecule has 4 heteroatoms. The van der Waals surface area contributed by atoms with E-state index < -0.39 is 0 Å². The maximum Gasteiger partial charge on any atom is 0.238 e. The average molecular weight is 284 g/mol. The third-order valence-corrected chi connectivity index (χ3v) is 4.76. The molecule has 1 aromatic carbocycles. The normalized spacial score (nSPS) is 18.6. The molecule has 0 aliphatic carbocycles. The number of thioether (sulfide) groups is 1. The van der Waals surface area contributed by atoms with E-state index in [1.54, 1.807) is 18.0 Å². The maximum absolute atomic E-state index is 12.2. The Balaban J connectivity index is 2.00. The molecule has 1 aliphatic heterocycles. The first-order chi connectivity index (χ1) is 9.66. The van der Waals surface area contributed by atoms with Crippen molar-refractivity contribution >= 4 is 23.4 Å². The minimum Gasteiger partial charge on any atom is -0.293 e. The number of hydrogen-bond acceptors (Lipinski definition) is 3. The van der Waals surface area contributed by atoms with Gasteiger partial charge >= 0.3 is 0 Å². The van der Waals surface area contributed by atoms with E-state index in [0.717, 1.165) is 11.4 Å². The number of pyridine rings is 1. The molecule has 1 saturated heterocycles. The van der Waals surface area contributed by atoms with Gasteiger partial charge in [0.1, 0.15) is 5.37 Å². The van der Waals surface area contributed by atoms with Crippen LogP contribution in [0.2, 0.25) is 0 Å². The van der Waals surface area contributed by atoms with E-state index in [1.807, 2.05) is 29.2 Å². The summed E-state index contributed by atoms with van der Waals surface area (Å²) in [5, 5.41) is -0.0224. The monoisotopic (exact) mass is 284 g/mol. The molecule has 0 radical (unpaired) electrons. The van der Waals surface area contributed by atoms with Crippen LogP contribution in [0, 0.1) is 13.8 Å². The van der Waals surface area contributed by atoms with Crippen molar-refractivity contribution in [1.82, 2.24) is 4.98 Å². The summed E-state index contributed by atoms with van der Waals surface area (Å²) in [5.74, 6) is 0.655. The van der Waals surface area contributed by atoms with Crippen molar-refractivity contribution in [3.8, 4) is 0 Å². The van der Waals surface area contributed by atoms with E-state index in [1.165, 1.54) is 11.1 Å². The summed E-state index contributed by atoms with van der Waals surface area (Å²) >= 11 is 1.63. The van der Waals surface area contributed by atoms with Crippen molar-refractivity contribution < 1.29 is 4.79 Å². The second-order valence-corrected chi connectivity index (χ2v) is 6.02. The molecule has 102 valence electrons. The van der Waals surface area contributed by atoms with Crippen LogP contribution in [0.4, 0.5) is 5.69 Å². The highest BCUT2D eigenvalue weighted by molar-refractivity contribution is 8.00. The topological polar surface area (TPSA) is 33.2 Å². The number of carbonyl (C=O) groups excluding carboxylic acids is 1. The SMILES string of the molecule is Cc1ccc(N2C(=O)CS[C@H]2c2ccccn2)cc1C. The minimum atomic E-state index is -0.0224. The van der Waals surface area contributed by atoms with Crippen molar-refractivity contribution in [3.63, 3.8) is 0 Å². The minimum absolute atomic E-state index is 0.0224. The van der Waals surface area contributed by atoms with E-state index >= 15 is 0 Å². The molecule has 1 atom stereocenters. The summed E-state index contributed by atoms with van der Waals surface area (Å²) < 4.78 is 0. The zero-order chi connectivity index (χ0) is 14.1. The van der Waals surface area contributed by atoms with Crippen LogP contribution in [0.25, 0.3) is 0 Å². The Morgan fingerprint density at radius 1 is 1.20 bits per heavy atom. The summed E-state index contributed by atoms with van der Waals surface area (Å²) in [6, 6.07) is 12.0. The molecule has 0 unspecified atom stereocenters. The molecular weight excluding hydrogens is 268 g/mol. The van der Waals surface area contributed by atoms with Gasteiger partial charge in [0.2, 0.25) is 5.91 Å². The smallest absolute Gasteiger partial charge is 0.238 e. The average Bonchev–Trinajstić information content (AvgIpc) is 2.85. The predicted molar refractivity (Wildman–Crippen MR) is 82.8 cm³/mol. The van der Waals surface area contributed by atoms with Gasteiger partial charge < -0.3 is 0 Å². The van der Waals surface area contributed by atoms with Crippen LogP contribution >= 0.6 is 11.8 Å². The van der Waals surface area contributed by atoms with Crippen molar-refractivity contribution in [2.45, 2.75) is 19.2 Å². The number of aryl methyl sites for hydroxylation is 2. The molecule has 0 N–H and O–H groups in total. The molecule has 0 bridgehead atoms. The Labute approximate surface area is 123 Å². The quantitative estimate of drug-likeness (QED) is 0.846. The molecule has 1 fully saturated rings. The highest BCUT2D eigenvalue weighted by Crippen LogP contribution is 2.41. The number of carbonyl (C=O) groups is 1. The van der Waals surface area contributed by atoms with Crippen LogP contribution in [0.5, 0.6) is 0 Å². The van der Waals surface area contributed by atoms with Gasteiger partial charge in [-0.1, -0.05) is 12.1 Å². The highest BCUT2D eigenvalue weighted by atomic mass is 32.2. The first-order valence-corrected chi connectivity index (χ1v) is 7.63. The van der Waals surface area contributed by atoms with E-state index in [9.17, 15) is 4.79 Å². The van der Waals surface area contributed by atoms with Crippen LogP contribution in [-0.2, 0) is 4.79 Å². The number of nitrogens with zero attached hydrogens (tertiary/aromatic N) is 2. The van der Waals surface area contributed by atoms with E-state index in [0.29, 0.717) is 5.75 Å². The van der Waals surface area contributed by atoms with Crippen LogP contribution in [0.15, 0.2) is 42.6 Å². The molecule has 3 nitrogen and oxygen atoms in total. The third-order valence-electron chi connectivity index (χ3n) is 3.58. The second-order valence-electron chi connectivity index (χ2n) is 4.95. The molecule has 0 spiro atoms. The number of rotatable bonds is 2. The molecule has 1 aromatic heterocycles. The van der Waals surface area contributed by atoms with Gasteiger partial charge in [0.05, 0.1) is 11.4 Å². The molecule has 2 heterocycles. The van der Waals surface area contributed by atoms with Crippen LogP contribution in [0.1, 0.15) is 22.2 Å². The summed E-state index contributed by atoms with van der Waals surface area (Å²) in [4.78, 5) is 18.5. The van der Waals surface area contributed by atoms with E-state index in [2.05, 4.69) is 31.0 Å². The van der Waals surface area contributed by atoms with Gasteiger partial charge in [-0.3, -0.25) is 14.7 Å². The van der Waals surface area contributed by atoms with Gasteiger partial charge in [0.25, 0.3) is 0 Å². The van der Waals surface area contributed by atoms with Crippen LogP contribution in [-0.4, -0.2) is 16.6 Å². The first kappa shape index (κ1) is 13.2. The van der Waals surface area contributed by atoms with Gasteiger partial charge in [0.15, 0.2) is 0 Å². The van der Waals surface area contributed by atoms with Gasteiger partial charge in [-0.25, -0.2) is 0 Å². The van der Waals surface area contributed by atoms with Crippen LogP contribution < -0.4 is 4.90 Å². The molecule has 0 saturated carbocycles. The highest BCUT2D eigenvalue weighted by Gasteiger charge is 2.34. The standard InChI is InChI=1S/C16H16N2OS/c1-11-6-7-13(9-12(11)2)18-15(19)10-20-16(18)14-5-3-4-8-17-14/h3-9,16H,10H2,1-2H3/t16-/m0/s1. The Hall–Kier alpha value is -1.81. The Kier molecular flexibility index (Phi) is 3.49. The third kappa shape index (κ3) is 2.31. The van der Waals surface area contributed by atoms with Crippen molar-refractivity contribution in [3.05, 3.63) is 59.4 Å². The van der Waals surface area contributed by atoms with Crippen molar-refractivity contribution in [1.29, 1.82) is 0 Å². The molecule has 1 aliphatic rings. The molecule has 1 amide bonds. The number of hydrogen-bond donors (Lipinski definition) is 0. The Morgan fingerprint density at radius 3 is 2.75 bits per heavy atom. The largest absolute Gasteiger partial charge is 0.293 e. The maximum atomic E-state index is 12.2. The van der Waals surface area contributed by atoms with Crippen LogP contribution in [0.3, 0.4) is 0 Å². The lowest BCUT2D eigenvalue weighted by Crippen LogP contribution is -2.28. The second kappa shape index (κ2) is 5.29. The number of benzene rings is 1. The first-order valence-electron chi connectivity index (χ1n) is 6.58. The zero-order valence-electron chi connectivity index (χ0n) is 11.5. The fourth-order valence-corrected chi connectivity index (χ4v) is 3.46. The van der Waals surface area contributed by atoms with Gasteiger partial charge in [-0.2, -0.15) is 0 Å². The summed E-state index contributed by atoms with van der Waals surface area (Å²) in [5.41, 5.74) is 4.33. The van der Waals surface area contributed by atoms with Crippen molar-refractivity contribution in [2.24, 2.45) is 0 Å². The summed E-state index contributed by atoms with van der Waals surface area (Å²) in [6.07, 6.45) is 1.78. The lowest BCUT2D eigenvalue weighted by molar-refractivity contribution is -0.115. The molecule has 3 rings (SSSR count). The van der Waals surface area contributed by atoms with E-state index in [-0.39, 0.29) is 11.3 Å². The van der Waals surface area contributed by atoms with Crippen molar-refractivity contribution in [2.75, 3.05) is 10.7 Å². The van der Waals surface area contributed by atoms with E-state index in [4.69, 9.17) is 0 Å². The number of anilines is 1. The fourth-order valence-electron chi connectivity index (χ4n) is 2.32. The van der Waals surface area contributed by atoms with Gasteiger partial charge in [-0.05, 0) is 49.2 Å². The molecule has 2 aromatic rings. The van der Waals surface area contributed by atoms with Gasteiger partial charge in [-0.15, -0.1) is 11.8 Å². The Bertz CT molecular complexity index is 642. The Morgan fingerprint density at radius 2 is 2.05 bits per heavy atom. The number of aromatic nitrogens is 1. The summed E-state index contributed by atoms with van der Waals surface area (Å²) in [6.45, 7) is 4.15. The zero-order valence-corrected chi connectivity index (χ0v) is 12.4. The van der Waals surface area contributed by atoms with Gasteiger partial charge in [0, 0.05) is 11.9 Å². The molecular formula is C16H16N2OS. The molecule has 20 heavy (non-hydrogen) atoms. The predicted octanol–water partition coefficient (Wildman–Crippen LogP) is 3.48. The number of amides is 1.